The van der Waals surface area contributed by atoms with E-state index in [1.54, 1.807) is 0 Å². The van der Waals surface area contributed by atoms with Crippen molar-refractivity contribution in [2.75, 3.05) is 5.75 Å². The molecule has 1 amide bonds. The molecule has 2 heterocycles. The summed E-state index contributed by atoms with van der Waals surface area (Å²) in [5, 5.41) is 11.4. The number of rotatable bonds is 3. The zero-order chi connectivity index (χ0) is 15.0. The summed E-state index contributed by atoms with van der Waals surface area (Å²) in [6, 6.07) is -0.779. The van der Waals surface area contributed by atoms with Crippen molar-refractivity contribution >= 4 is 46.6 Å². The number of halogens is 1. The van der Waals surface area contributed by atoms with Crippen molar-refractivity contribution in [3.63, 3.8) is 0 Å². The molecule has 1 aromatic rings. The van der Waals surface area contributed by atoms with Gasteiger partial charge in [0.2, 0.25) is 0 Å². The molecule has 2 atom stereocenters. The lowest BCUT2D eigenvalue weighted by Crippen LogP contribution is -2.47. The highest BCUT2D eigenvalue weighted by Crippen LogP contribution is 2.37. The van der Waals surface area contributed by atoms with Gasteiger partial charge in [0, 0.05) is 5.75 Å². The first-order chi connectivity index (χ1) is 9.34. The first kappa shape index (κ1) is 15.7. The van der Waals surface area contributed by atoms with Crippen LogP contribution in [0.25, 0.3) is 0 Å². The van der Waals surface area contributed by atoms with Gasteiger partial charge in [0.05, 0.1) is 10.4 Å². The van der Waals surface area contributed by atoms with Crippen LogP contribution in [-0.2, 0) is 4.79 Å². The van der Waals surface area contributed by atoms with Gasteiger partial charge in [-0.05, 0) is 23.8 Å². The van der Waals surface area contributed by atoms with Gasteiger partial charge in [-0.3, -0.25) is 4.79 Å². The lowest BCUT2D eigenvalue weighted by molar-refractivity contribution is -0.141. The maximum absolute atomic E-state index is 12.7. The molecule has 1 N–H and O–H groups in total. The summed E-state index contributed by atoms with van der Waals surface area (Å²) < 4.78 is 0. The Hall–Kier alpha value is -0.720. The van der Waals surface area contributed by atoms with Crippen LogP contribution in [0.3, 0.4) is 0 Å². The van der Waals surface area contributed by atoms with Crippen molar-refractivity contribution in [2.24, 2.45) is 5.92 Å². The van der Waals surface area contributed by atoms with E-state index < -0.39 is 12.0 Å². The van der Waals surface area contributed by atoms with E-state index in [9.17, 15) is 14.7 Å². The Kier molecular flexibility index (Phi) is 4.66. The Morgan fingerprint density at radius 3 is 2.60 bits per heavy atom. The van der Waals surface area contributed by atoms with E-state index in [0.717, 1.165) is 5.56 Å². The number of carboxylic acid groups (broad SMARTS) is 1. The molecule has 2 unspecified atom stereocenters. The molecule has 1 aromatic heterocycles. The number of nitrogens with zero attached hydrogens (tertiary/aromatic N) is 1. The topological polar surface area (TPSA) is 57.6 Å². The third kappa shape index (κ3) is 2.69. The highest BCUT2D eigenvalue weighted by atomic mass is 35.5. The van der Waals surface area contributed by atoms with Crippen LogP contribution in [0.1, 0.15) is 29.1 Å². The predicted molar refractivity (Wildman–Crippen MR) is 82.7 cm³/mol. The third-order valence-electron chi connectivity index (χ3n) is 3.22. The van der Waals surface area contributed by atoms with Gasteiger partial charge in [0.1, 0.15) is 10.9 Å². The first-order valence-electron chi connectivity index (χ1n) is 6.25. The zero-order valence-electron chi connectivity index (χ0n) is 11.4. The SMILES string of the molecule is Cc1csc(C(=O)N2C(C(=O)O)CSC2C(C)C)c1Cl. The Bertz CT molecular complexity index is 544. The standard InChI is InChI=1S/C13H16ClNO3S2/c1-6(2)12-15(8(5-20-12)13(17)18)11(16)10-9(14)7(3)4-19-10/h4,6,8,12H,5H2,1-3H3,(H,17,18). The summed E-state index contributed by atoms with van der Waals surface area (Å²) in [5.41, 5.74) is 0.847. The minimum Gasteiger partial charge on any atom is -0.480 e. The summed E-state index contributed by atoms with van der Waals surface area (Å²) >= 11 is 8.94. The molecule has 0 aliphatic carbocycles. The van der Waals surface area contributed by atoms with Crippen LogP contribution in [0, 0.1) is 12.8 Å². The number of thiophene rings is 1. The van der Waals surface area contributed by atoms with Crippen LogP contribution in [-0.4, -0.2) is 39.1 Å². The number of carbonyl (C=O) groups excluding carboxylic acids is 1. The second-order valence-electron chi connectivity index (χ2n) is 5.10. The Morgan fingerprint density at radius 1 is 1.50 bits per heavy atom. The van der Waals surface area contributed by atoms with Crippen LogP contribution in [0.5, 0.6) is 0 Å². The largest absolute Gasteiger partial charge is 0.480 e. The maximum atomic E-state index is 12.7. The zero-order valence-corrected chi connectivity index (χ0v) is 13.8. The molecule has 2 rings (SSSR count). The molecule has 0 saturated carbocycles. The van der Waals surface area contributed by atoms with Gasteiger partial charge >= 0.3 is 5.97 Å². The van der Waals surface area contributed by atoms with E-state index in [2.05, 4.69) is 0 Å². The summed E-state index contributed by atoms with van der Waals surface area (Å²) in [6.45, 7) is 5.82. The third-order valence-corrected chi connectivity index (χ3v) is 6.52. The molecule has 1 aliphatic rings. The van der Waals surface area contributed by atoms with Gasteiger partial charge in [-0.2, -0.15) is 0 Å². The first-order valence-corrected chi connectivity index (χ1v) is 8.56. The number of hydrogen-bond acceptors (Lipinski definition) is 4. The Balaban J connectivity index is 2.37. The summed E-state index contributed by atoms with van der Waals surface area (Å²) in [4.78, 5) is 26.0. The van der Waals surface area contributed by atoms with E-state index in [-0.39, 0.29) is 17.2 Å². The molecule has 0 aromatic carbocycles. The van der Waals surface area contributed by atoms with Gasteiger partial charge in [-0.15, -0.1) is 23.1 Å². The smallest absolute Gasteiger partial charge is 0.327 e. The molecule has 7 heteroatoms. The number of thioether (sulfide) groups is 1. The van der Waals surface area contributed by atoms with E-state index in [4.69, 9.17) is 11.6 Å². The predicted octanol–water partition coefficient (Wildman–Crippen LogP) is 3.33. The molecular formula is C13H16ClNO3S2. The quantitative estimate of drug-likeness (QED) is 0.921. The number of aryl methyl sites for hydroxylation is 1. The molecule has 0 bridgehead atoms. The van der Waals surface area contributed by atoms with E-state index in [0.29, 0.717) is 15.7 Å². The molecular weight excluding hydrogens is 318 g/mol. The maximum Gasteiger partial charge on any atom is 0.327 e. The minimum absolute atomic E-state index is 0.123. The van der Waals surface area contributed by atoms with Crippen LogP contribution in [0.15, 0.2) is 5.38 Å². The number of carbonyl (C=O) groups is 2. The average molecular weight is 334 g/mol. The van der Waals surface area contributed by atoms with Gasteiger partial charge in [0.25, 0.3) is 5.91 Å². The van der Waals surface area contributed by atoms with Crippen LogP contribution in [0.4, 0.5) is 0 Å². The fourth-order valence-corrected chi connectivity index (χ4v) is 4.87. The number of amides is 1. The monoisotopic (exact) mass is 333 g/mol. The van der Waals surface area contributed by atoms with Gasteiger partial charge in [-0.25, -0.2) is 4.79 Å². The van der Waals surface area contributed by atoms with Gasteiger partial charge in [0.15, 0.2) is 0 Å². The molecule has 1 saturated heterocycles. The average Bonchev–Trinajstić information content (AvgIpc) is 2.94. The Labute approximate surface area is 131 Å². The van der Waals surface area contributed by atoms with Crippen molar-refractivity contribution in [1.29, 1.82) is 0 Å². The second-order valence-corrected chi connectivity index (χ2v) is 7.50. The second kappa shape index (κ2) is 5.95. The summed E-state index contributed by atoms with van der Waals surface area (Å²) in [5.74, 6) is -0.623. The fraction of sp³-hybridized carbons (Fsp3) is 0.538. The van der Waals surface area contributed by atoms with Crippen LogP contribution in [0.2, 0.25) is 5.02 Å². The molecule has 4 nitrogen and oxygen atoms in total. The lowest BCUT2D eigenvalue weighted by Gasteiger charge is -2.29. The van der Waals surface area contributed by atoms with Crippen molar-refractivity contribution in [3.8, 4) is 0 Å². The lowest BCUT2D eigenvalue weighted by atomic mass is 10.1. The minimum atomic E-state index is -0.960. The van der Waals surface area contributed by atoms with E-state index >= 15 is 0 Å². The van der Waals surface area contributed by atoms with Crippen molar-refractivity contribution < 1.29 is 14.7 Å². The normalized spacial score (nSPS) is 22.6. The number of aliphatic carboxylic acids is 1. The fourth-order valence-electron chi connectivity index (χ4n) is 2.18. The summed E-state index contributed by atoms with van der Waals surface area (Å²) in [6.07, 6.45) is 0. The van der Waals surface area contributed by atoms with E-state index in [1.807, 2.05) is 26.2 Å². The van der Waals surface area contributed by atoms with Gasteiger partial charge in [-0.1, -0.05) is 25.4 Å². The highest BCUT2D eigenvalue weighted by Gasteiger charge is 2.43. The molecule has 0 spiro atoms. The van der Waals surface area contributed by atoms with Gasteiger partial charge < -0.3 is 10.0 Å². The van der Waals surface area contributed by atoms with Crippen molar-refractivity contribution in [3.05, 3.63) is 20.8 Å². The number of hydrogen-bond donors (Lipinski definition) is 1. The molecule has 0 radical (unpaired) electrons. The molecule has 1 aliphatic heterocycles. The van der Waals surface area contributed by atoms with Crippen LogP contribution < -0.4 is 0 Å². The molecule has 20 heavy (non-hydrogen) atoms. The molecule has 110 valence electrons. The van der Waals surface area contributed by atoms with Crippen molar-refractivity contribution in [2.45, 2.75) is 32.2 Å². The number of carboxylic acids is 1. The van der Waals surface area contributed by atoms with E-state index in [1.165, 1.54) is 28.0 Å². The van der Waals surface area contributed by atoms with Crippen LogP contribution >= 0.6 is 34.7 Å². The summed E-state index contributed by atoms with van der Waals surface area (Å²) in [7, 11) is 0. The molecule has 1 fully saturated rings. The Morgan fingerprint density at radius 2 is 2.15 bits per heavy atom. The van der Waals surface area contributed by atoms with Crippen molar-refractivity contribution in [1.82, 2.24) is 4.90 Å². The highest BCUT2D eigenvalue weighted by molar-refractivity contribution is 8.00.